The van der Waals surface area contributed by atoms with Crippen LogP contribution in [0.5, 0.6) is 5.75 Å². The summed E-state index contributed by atoms with van der Waals surface area (Å²) in [6.45, 7) is 1.88. The first-order valence-corrected chi connectivity index (χ1v) is 11.7. The molecule has 2 aromatic heterocycles. The molecule has 8 nitrogen and oxygen atoms in total. The fourth-order valence-corrected chi connectivity index (χ4v) is 6.19. The first kappa shape index (κ1) is 19.8. The Kier molecular flexibility index (Phi) is 4.33. The molecule has 0 radical (unpaired) electrons. The maximum absolute atomic E-state index is 12.8. The van der Waals surface area contributed by atoms with E-state index in [0.29, 0.717) is 41.1 Å². The summed E-state index contributed by atoms with van der Waals surface area (Å²) in [6, 6.07) is 4.58. The standard InChI is InChI=1S/C23H26F2N6O2/c24-22(25)33-19-3-12(5-27-21(19)26)17-4-18(29-23(28-17)31-6-11-1-13(31)2-11)20-15-7-30(8-16(15)20)14-9-32-10-14/h3-5,11,13-16,20,22H,1-2,6-10H2,(H2,26,27)/t11?,13?,15-,16+,20?. The van der Waals surface area contributed by atoms with Crippen molar-refractivity contribution in [3.63, 3.8) is 0 Å². The van der Waals surface area contributed by atoms with E-state index in [1.54, 1.807) is 6.20 Å². The number of pyridine rings is 1. The van der Waals surface area contributed by atoms with Crippen LogP contribution >= 0.6 is 0 Å². The van der Waals surface area contributed by atoms with Crippen molar-refractivity contribution in [2.24, 2.45) is 17.8 Å². The second-order valence-electron chi connectivity index (χ2n) is 10.1. The predicted molar refractivity (Wildman–Crippen MR) is 116 cm³/mol. The van der Waals surface area contributed by atoms with E-state index in [9.17, 15) is 8.78 Å². The third-order valence-corrected chi connectivity index (χ3v) is 8.19. The molecule has 0 aromatic carbocycles. The minimum Gasteiger partial charge on any atom is -0.431 e. The molecular formula is C23H26F2N6O2. The largest absolute Gasteiger partial charge is 0.431 e. The van der Waals surface area contributed by atoms with Gasteiger partial charge >= 0.3 is 6.61 Å². The van der Waals surface area contributed by atoms with E-state index in [0.717, 1.165) is 50.4 Å². The maximum Gasteiger partial charge on any atom is 0.387 e. The molecular weight excluding hydrogens is 430 g/mol. The lowest BCUT2D eigenvalue weighted by Crippen LogP contribution is -2.48. The molecule has 174 valence electrons. The Hall–Kier alpha value is -2.59. The average molecular weight is 456 g/mol. The summed E-state index contributed by atoms with van der Waals surface area (Å²) in [6.07, 6.45) is 3.97. The van der Waals surface area contributed by atoms with Gasteiger partial charge in [0, 0.05) is 43.4 Å². The summed E-state index contributed by atoms with van der Waals surface area (Å²) < 4.78 is 35.6. The van der Waals surface area contributed by atoms with Crippen LogP contribution in [0.15, 0.2) is 18.3 Å². The lowest BCUT2D eigenvalue weighted by Gasteiger charge is -2.35. The van der Waals surface area contributed by atoms with Crippen LogP contribution in [0.1, 0.15) is 24.5 Å². The van der Waals surface area contributed by atoms with E-state index >= 15 is 0 Å². The van der Waals surface area contributed by atoms with Crippen LogP contribution in [0, 0.1) is 17.8 Å². The molecule has 6 heterocycles. The number of nitrogens with zero attached hydrogens (tertiary/aromatic N) is 5. The van der Waals surface area contributed by atoms with Crippen molar-refractivity contribution in [1.29, 1.82) is 0 Å². The molecule has 33 heavy (non-hydrogen) atoms. The SMILES string of the molecule is Nc1ncc(-c2cc(C3[C@H]4CN(C5COC5)C[C@@H]34)nc(N3CC4CC3C4)n2)cc1OC(F)F. The van der Waals surface area contributed by atoms with Gasteiger partial charge in [-0.2, -0.15) is 8.78 Å². The molecule has 0 spiro atoms. The molecule has 6 fully saturated rings. The minimum atomic E-state index is -2.97. The number of hydrogen-bond donors (Lipinski definition) is 1. The zero-order chi connectivity index (χ0) is 22.3. The molecule has 2 aromatic rings. The third-order valence-electron chi connectivity index (χ3n) is 8.19. The molecule has 6 aliphatic rings. The molecule has 2 aliphatic carbocycles. The third kappa shape index (κ3) is 3.25. The number of hydrogen-bond acceptors (Lipinski definition) is 8. The van der Waals surface area contributed by atoms with Gasteiger partial charge in [0.25, 0.3) is 0 Å². The van der Waals surface area contributed by atoms with Crippen LogP contribution in [-0.2, 0) is 4.74 Å². The summed E-state index contributed by atoms with van der Waals surface area (Å²) in [5.41, 5.74) is 8.08. The van der Waals surface area contributed by atoms with E-state index in [-0.39, 0.29) is 11.6 Å². The highest BCUT2D eigenvalue weighted by molar-refractivity contribution is 5.66. The lowest BCUT2D eigenvalue weighted by molar-refractivity contribution is -0.0610. The number of anilines is 2. The van der Waals surface area contributed by atoms with Crippen LogP contribution in [0.25, 0.3) is 11.3 Å². The molecule has 10 heteroatoms. The molecule has 4 aliphatic heterocycles. The fourth-order valence-electron chi connectivity index (χ4n) is 6.19. The van der Waals surface area contributed by atoms with Gasteiger partial charge in [-0.1, -0.05) is 0 Å². The topological polar surface area (TPSA) is 89.6 Å². The first-order valence-electron chi connectivity index (χ1n) is 11.7. The second-order valence-corrected chi connectivity index (χ2v) is 10.1. The highest BCUT2D eigenvalue weighted by Crippen LogP contribution is 2.58. The van der Waals surface area contributed by atoms with Gasteiger partial charge in [0.1, 0.15) is 0 Å². The van der Waals surface area contributed by atoms with E-state index in [1.807, 2.05) is 6.07 Å². The van der Waals surface area contributed by atoms with Crippen molar-refractivity contribution in [3.8, 4) is 17.0 Å². The zero-order valence-corrected chi connectivity index (χ0v) is 18.1. The molecule has 3 atom stereocenters. The van der Waals surface area contributed by atoms with Gasteiger partial charge in [-0.05, 0) is 42.7 Å². The monoisotopic (exact) mass is 456 g/mol. The number of nitrogens with two attached hydrogens (primary N) is 1. The minimum absolute atomic E-state index is 0.0642. The first-order chi connectivity index (χ1) is 16.0. The van der Waals surface area contributed by atoms with Gasteiger partial charge in [-0.3, -0.25) is 4.90 Å². The number of piperidine rings is 1. The van der Waals surface area contributed by atoms with Gasteiger partial charge in [0.15, 0.2) is 11.6 Å². The van der Waals surface area contributed by atoms with E-state index in [4.69, 9.17) is 20.4 Å². The maximum atomic E-state index is 12.8. The summed E-state index contributed by atoms with van der Waals surface area (Å²) >= 11 is 0. The zero-order valence-electron chi connectivity index (χ0n) is 18.1. The molecule has 2 N–H and O–H groups in total. The van der Waals surface area contributed by atoms with Crippen molar-refractivity contribution in [3.05, 3.63) is 24.0 Å². The Morgan fingerprint density at radius 1 is 1.06 bits per heavy atom. The van der Waals surface area contributed by atoms with Gasteiger partial charge in [0.2, 0.25) is 5.95 Å². The summed E-state index contributed by atoms with van der Waals surface area (Å²) in [5.74, 6) is 2.91. The Bertz CT molecular complexity index is 1080. The quantitative estimate of drug-likeness (QED) is 0.709. The predicted octanol–water partition coefficient (Wildman–Crippen LogP) is 2.36. The van der Waals surface area contributed by atoms with Gasteiger partial charge in [-0.15, -0.1) is 0 Å². The van der Waals surface area contributed by atoms with Gasteiger partial charge in [0.05, 0.1) is 30.6 Å². The normalized spacial score (nSPS) is 32.6. The van der Waals surface area contributed by atoms with E-state index < -0.39 is 6.61 Å². The van der Waals surface area contributed by atoms with Crippen molar-refractivity contribution in [1.82, 2.24) is 19.9 Å². The number of aromatic nitrogens is 3. The van der Waals surface area contributed by atoms with Gasteiger partial charge < -0.3 is 20.1 Å². The average Bonchev–Trinajstić information content (AvgIpc) is 3.12. The van der Waals surface area contributed by atoms with Crippen LogP contribution in [0.4, 0.5) is 20.5 Å². The van der Waals surface area contributed by atoms with Crippen molar-refractivity contribution < 1.29 is 18.3 Å². The van der Waals surface area contributed by atoms with Crippen molar-refractivity contribution in [2.45, 2.75) is 37.5 Å². The highest BCUT2D eigenvalue weighted by Gasteiger charge is 2.58. The number of ether oxygens (including phenoxy) is 2. The number of likely N-dealkylation sites (tertiary alicyclic amines) is 1. The Morgan fingerprint density at radius 2 is 1.85 bits per heavy atom. The smallest absolute Gasteiger partial charge is 0.387 e. The Balaban J connectivity index is 1.21. The van der Waals surface area contributed by atoms with E-state index in [2.05, 4.69) is 19.5 Å². The molecule has 2 bridgehead atoms. The van der Waals surface area contributed by atoms with Crippen LogP contribution in [-0.4, -0.2) is 71.4 Å². The number of halogens is 2. The van der Waals surface area contributed by atoms with Crippen molar-refractivity contribution >= 4 is 11.8 Å². The highest BCUT2D eigenvalue weighted by atomic mass is 19.3. The van der Waals surface area contributed by atoms with Crippen LogP contribution in [0.2, 0.25) is 0 Å². The number of rotatable bonds is 6. The summed E-state index contributed by atoms with van der Waals surface area (Å²) in [4.78, 5) is 18.8. The Labute approximate surface area is 190 Å². The molecule has 4 saturated heterocycles. The molecule has 0 amide bonds. The van der Waals surface area contributed by atoms with Crippen molar-refractivity contribution in [2.75, 3.05) is 43.5 Å². The van der Waals surface area contributed by atoms with Gasteiger partial charge in [-0.25, -0.2) is 15.0 Å². The molecule has 2 saturated carbocycles. The summed E-state index contributed by atoms with van der Waals surface area (Å²) in [5, 5.41) is 0. The number of nitrogen functional groups attached to an aromatic ring is 1. The lowest BCUT2D eigenvalue weighted by atomic mass is 9.86. The fraction of sp³-hybridized carbons (Fsp3) is 0.609. The van der Waals surface area contributed by atoms with E-state index in [1.165, 1.54) is 18.9 Å². The van der Waals surface area contributed by atoms with Crippen LogP contribution in [0.3, 0.4) is 0 Å². The number of alkyl halides is 2. The summed E-state index contributed by atoms with van der Waals surface area (Å²) in [7, 11) is 0. The number of fused-ring (bicyclic) bond motifs is 2. The van der Waals surface area contributed by atoms with Crippen LogP contribution < -0.4 is 15.4 Å². The molecule has 8 rings (SSSR count). The Morgan fingerprint density at radius 3 is 2.48 bits per heavy atom. The second kappa shape index (κ2) is 7.20. The molecule has 1 unspecified atom stereocenters.